The van der Waals surface area contributed by atoms with Crippen molar-refractivity contribution >= 4 is 0 Å². The quantitative estimate of drug-likeness (QED) is 0.266. The zero-order chi connectivity index (χ0) is 16.8. The zero-order valence-electron chi connectivity index (χ0n) is 16.1. The van der Waals surface area contributed by atoms with Crippen LogP contribution in [-0.4, -0.2) is 0 Å². The molecule has 132 valence electrons. The number of pyridine rings is 1. The van der Waals surface area contributed by atoms with Crippen molar-refractivity contribution < 1.29 is 4.57 Å². The maximum atomic E-state index is 2.36. The second-order valence-corrected chi connectivity index (χ2v) is 7.37. The highest BCUT2D eigenvalue weighted by molar-refractivity contribution is 5.11. The van der Waals surface area contributed by atoms with Gasteiger partial charge in [0.2, 0.25) is 0 Å². The van der Waals surface area contributed by atoms with Gasteiger partial charge in [0.05, 0.1) is 0 Å². The van der Waals surface area contributed by atoms with Gasteiger partial charge in [-0.15, -0.1) is 0 Å². The van der Waals surface area contributed by atoms with Crippen molar-refractivity contribution in [2.75, 3.05) is 0 Å². The number of aromatic nitrogens is 1. The maximum Gasteiger partial charge on any atom is 0.171 e. The number of nitrogens with zero attached hydrogens (tertiary/aromatic N) is 1. The Hall–Kier alpha value is -0.850. The maximum absolute atomic E-state index is 2.36. The Morgan fingerprint density at radius 3 is 1.43 bits per heavy atom. The van der Waals surface area contributed by atoms with Crippen LogP contribution < -0.4 is 4.57 Å². The molecule has 0 fully saturated rings. The van der Waals surface area contributed by atoms with E-state index in [1.165, 1.54) is 101 Å². The van der Waals surface area contributed by atoms with Crippen LogP contribution in [-0.2, 0) is 6.54 Å². The lowest BCUT2D eigenvalue weighted by Gasteiger charge is -2.03. The predicted molar refractivity (Wildman–Crippen MR) is 102 cm³/mol. The molecular weight excluding hydrogens is 278 g/mol. The molecule has 1 heteroatoms. The fraction of sp³-hybridized carbons (Fsp3) is 0.773. The van der Waals surface area contributed by atoms with Gasteiger partial charge in [0.25, 0.3) is 0 Å². The summed E-state index contributed by atoms with van der Waals surface area (Å²) in [5, 5.41) is 0. The number of hydrogen-bond acceptors (Lipinski definition) is 0. The van der Waals surface area contributed by atoms with Crippen LogP contribution in [0.15, 0.2) is 18.5 Å². The molecule has 1 heterocycles. The van der Waals surface area contributed by atoms with Gasteiger partial charge in [-0.1, -0.05) is 77.6 Å². The van der Waals surface area contributed by atoms with Gasteiger partial charge in [0, 0.05) is 17.5 Å². The molecule has 0 aliphatic carbocycles. The van der Waals surface area contributed by atoms with Gasteiger partial charge >= 0.3 is 0 Å². The Labute approximate surface area is 145 Å². The molecule has 0 N–H and O–H groups in total. The molecule has 1 aromatic heterocycles. The number of hydrogen-bond donors (Lipinski definition) is 0. The van der Waals surface area contributed by atoms with Crippen molar-refractivity contribution in [2.24, 2.45) is 0 Å². The summed E-state index contributed by atoms with van der Waals surface area (Å²) in [4.78, 5) is 0. The van der Waals surface area contributed by atoms with E-state index < -0.39 is 0 Å². The second-order valence-electron chi connectivity index (χ2n) is 7.37. The summed E-state index contributed by atoms with van der Waals surface area (Å²) in [6.07, 6.45) is 23.1. The molecule has 0 aromatic carbocycles. The topological polar surface area (TPSA) is 3.88 Å². The van der Waals surface area contributed by atoms with Crippen molar-refractivity contribution in [3.8, 4) is 0 Å². The first kappa shape index (κ1) is 20.2. The summed E-state index contributed by atoms with van der Waals surface area (Å²) >= 11 is 0. The zero-order valence-corrected chi connectivity index (χ0v) is 16.1. The van der Waals surface area contributed by atoms with Crippen LogP contribution in [0.4, 0.5) is 0 Å². The minimum atomic E-state index is 1.18. The predicted octanol–water partition coefficient (Wildman–Crippen LogP) is 6.68. The lowest BCUT2D eigenvalue weighted by atomic mass is 10.0. The molecule has 23 heavy (non-hydrogen) atoms. The summed E-state index contributed by atoms with van der Waals surface area (Å²) < 4.78 is 2.36. The summed E-state index contributed by atoms with van der Waals surface area (Å²) in [6.45, 7) is 7.85. The Balaban J connectivity index is 1.86. The van der Waals surface area contributed by atoms with Gasteiger partial charge in [-0.3, -0.25) is 0 Å². The van der Waals surface area contributed by atoms with E-state index in [0.717, 1.165) is 0 Å². The van der Waals surface area contributed by atoms with Crippen molar-refractivity contribution in [3.05, 3.63) is 29.6 Å². The first-order valence-electron chi connectivity index (χ1n) is 10.2. The molecule has 0 aliphatic heterocycles. The summed E-state index contributed by atoms with van der Waals surface area (Å²) in [5.74, 6) is 0. The molecule has 0 atom stereocenters. The Kier molecular flexibility index (Phi) is 11.9. The lowest BCUT2D eigenvalue weighted by molar-refractivity contribution is -0.698. The van der Waals surface area contributed by atoms with Crippen molar-refractivity contribution in [3.63, 3.8) is 0 Å². The highest BCUT2D eigenvalue weighted by atomic mass is 14.9. The first-order valence-corrected chi connectivity index (χ1v) is 10.2. The molecule has 0 unspecified atom stereocenters. The molecule has 0 radical (unpaired) electrons. The molecular formula is C22H40N+. The van der Waals surface area contributed by atoms with Gasteiger partial charge in [-0.2, -0.15) is 0 Å². The van der Waals surface area contributed by atoms with Crippen LogP contribution >= 0.6 is 0 Å². The van der Waals surface area contributed by atoms with E-state index in [2.05, 4.69) is 43.8 Å². The lowest BCUT2D eigenvalue weighted by Crippen LogP contribution is -2.33. The van der Waals surface area contributed by atoms with Gasteiger partial charge in [-0.05, 0) is 26.3 Å². The molecule has 1 rings (SSSR count). The average molecular weight is 319 g/mol. The summed E-state index contributed by atoms with van der Waals surface area (Å²) in [6, 6.07) is 2.25. The summed E-state index contributed by atoms with van der Waals surface area (Å²) in [7, 11) is 0. The van der Waals surface area contributed by atoms with Gasteiger partial charge in [0.1, 0.15) is 6.54 Å². The highest BCUT2D eigenvalue weighted by Crippen LogP contribution is 2.12. The molecule has 0 amide bonds. The van der Waals surface area contributed by atoms with E-state index in [0.29, 0.717) is 0 Å². The van der Waals surface area contributed by atoms with Crippen LogP contribution in [0, 0.1) is 13.8 Å². The van der Waals surface area contributed by atoms with Crippen LogP contribution in [0.5, 0.6) is 0 Å². The summed E-state index contributed by atoms with van der Waals surface area (Å²) in [5.41, 5.74) is 2.75. The third kappa shape index (κ3) is 11.3. The Bertz CT molecular complexity index is 377. The monoisotopic (exact) mass is 318 g/mol. The molecule has 0 saturated heterocycles. The van der Waals surface area contributed by atoms with Gasteiger partial charge < -0.3 is 0 Å². The normalized spacial score (nSPS) is 11.1. The third-order valence-corrected chi connectivity index (χ3v) is 4.71. The standard InChI is InChI=1S/C22H40N/c1-4-5-6-7-8-9-10-11-12-13-14-15-16-17-23-19-21(2)18-22(3)20-23/h18-20H,4-17H2,1-3H3/q+1. The highest BCUT2D eigenvalue weighted by Gasteiger charge is 2.02. The SMILES string of the molecule is CCCCCCCCCCCCCCC[n+]1cc(C)cc(C)c1. The van der Waals surface area contributed by atoms with Crippen LogP contribution in [0.1, 0.15) is 102 Å². The van der Waals surface area contributed by atoms with Gasteiger partial charge in [-0.25, -0.2) is 4.57 Å². The third-order valence-electron chi connectivity index (χ3n) is 4.71. The van der Waals surface area contributed by atoms with Crippen LogP contribution in [0.25, 0.3) is 0 Å². The largest absolute Gasteiger partial charge is 0.205 e. The molecule has 0 saturated carbocycles. The van der Waals surface area contributed by atoms with E-state index in [1.807, 2.05) is 0 Å². The molecule has 0 aliphatic rings. The molecule has 0 bridgehead atoms. The van der Waals surface area contributed by atoms with Gasteiger partial charge in [0.15, 0.2) is 12.4 Å². The number of unbranched alkanes of at least 4 members (excludes halogenated alkanes) is 12. The minimum Gasteiger partial charge on any atom is -0.205 e. The Morgan fingerprint density at radius 2 is 1.00 bits per heavy atom. The van der Waals surface area contributed by atoms with E-state index in [1.54, 1.807) is 0 Å². The molecule has 1 aromatic rings. The fourth-order valence-electron chi connectivity index (χ4n) is 3.44. The molecule has 0 spiro atoms. The van der Waals surface area contributed by atoms with E-state index >= 15 is 0 Å². The van der Waals surface area contributed by atoms with Crippen LogP contribution in [0.2, 0.25) is 0 Å². The smallest absolute Gasteiger partial charge is 0.171 e. The van der Waals surface area contributed by atoms with Crippen LogP contribution in [0.3, 0.4) is 0 Å². The van der Waals surface area contributed by atoms with E-state index in [4.69, 9.17) is 0 Å². The minimum absolute atomic E-state index is 1.18. The molecule has 1 nitrogen and oxygen atoms in total. The van der Waals surface area contributed by atoms with E-state index in [-0.39, 0.29) is 0 Å². The first-order chi connectivity index (χ1) is 11.2. The van der Waals surface area contributed by atoms with Crippen molar-refractivity contribution in [1.29, 1.82) is 0 Å². The second kappa shape index (κ2) is 13.6. The average Bonchev–Trinajstić information content (AvgIpc) is 2.51. The number of rotatable bonds is 14. The van der Waals surface area contributed by atoms with E-state index in [9.17, 15) is 0 Å². The van der Waals surface area contributed by atoms with Crippen molar-refractivity contribution in [1.82, 2.24) is 0 Å². The van der Waals surface area contributed by atoms with Crippen molar-refractivity contribution in [2.45, 2.75) is 111 Å². The Morgan fingerprint density at radius 1 is 0.609 bits per heavy atom. The fourth-order valence-corrected chi connectivity index (χ4v) is 3.44. The number of aryl methyl sites for hydroxylation is 3.